The van der Waals surface area contributed by atoms with E-state index in [1.165, 1.54) is 22.3 Å². The largest absolute Gasteiger partial charge is 0.349 e. The fourth-order valence-electron chi connectivity index (χ4n) is 3.84. The van der Waals surface area contributed by atoms with E-state index in [0.717, 1.165) is 37.5 Å². The van der Waals surface area contributed by atoms with E-state index in [0.29, 0.717) is 0 Å². The number of benzene rings is 2. The summed E-state index contributed by atoms with van der Waals surface area (Å²) in [4.78, 5) is 15.2. The molecule has 1 aliphatic heterocycles. The van der Waals surface area contributed by atoms with Gasteiger partial charge in [-0.25, -0.2) is 0 Å². The molecule has 1 saturated heterocycles. The lowest BCUT2D eigenvalue weighted by atomic mass is 9.94. The van der Waals surface area contributed by atoms with Crippen LogP contribution in [0.2, 0.25) is 5.02 Å². The first-order valence-electron chi connectivity index (χ1n) is 9.76. The average molecular weight is 385 g/mol. The summed E-state index contributed by atoms with van der Waals surface area (Å²) >= 11 is 5.95. The summed E-state index contributed by atoms with van der Waals surface area (Å²) in [5.74, 6) is 0.300. The van der Waals surface area contributed by atoms with Gasteiger partial charge in [0, 0.05) is 17.5 Å². The molecule has 2 aromatic carbocycles. The minimum Gasteiger partial charge on any atom is -0.349 e. The van der Waals surface area contributed by atoms with Crippen molar-refractivity contribution >= 4 is 17.5 Å². The lowest BCUT2D eigenvalue weighted by molar-refractivity contribution is -0.127. The summed E-state index contributed by atoms with van der Waals surface area (Å²) < 4.78 is 0. The van der Waals surface area contributed by atoms with Crippen molar-refractivity contribution < 1.29 is 4.79 Å². The van der Waals surface area contributed by atoms with Gasteiger partial charge in [0.05, 0.1) is 6.04 Å². The molecule has 4 heteroatoms. The lowest BCUT2D eigenvalue weighted by Crippen LogP contribution is -2.41. The fraction of sp³-hybridized carbons (Fsp3) is 0.435. The zero-order valence-corrected chi connectivity index (χ0v) is 17.2. The van der Waals surface area contributed by atoms with Crippen LogP contribution in [0.5, 0.6) is 0 Å². The summed E-state index contributed by atoms with van der Waals surface area (Å²) in [6, 6.07) is 14.5. The minimum absolute atomic E-state index is 0.0458. The number of halogens is 1. The molecule has 1 N–H and O–H groups in total. The number of piperidine rings is 1. The van der Waals surface area contributed by atoms with Gasteiger partial charge in [0.15, 0.2) is 0 Å². The first kappa shape index (κ1) is 19.9. The van der Waals surface area contributed by atoms with Gasteiger partial charge < -0.3 is 5.32 Å². The Labute approximate surface area is 167 Å². The van der Waals surface area contributed by atoms with Crippen molar-refractivity contribution in [1.82, 2.24) is 10.2 Å². The van der Waals surface area contributed by atoms with Crippen LogP contribution in [0, 0.1) is 19.8 Å². The summed E-state index contributed by atoms with van der Waals surface area (Å²) in [5.41, 5.74) is 4.94. The number of likely N-dealkylation sites (tertiary alicyclic amines) is 1. The first-order valence-corrected chi connectivity index (χ1v) is 10.1. The van der Waals surface area contributed by atoms with Crippen LogP contribution in [0.4, 0.5) is 0 Å². The van der Waals surface area contributed by atoms with Crippen molar-refractivity contribution in [2.24, 2.45) is 5.92 Å². The van der Waals surface area contributed by atoms with Gasteiger partial charge in [-0.2, -0.15) is 0 Å². The molecule has 1 heterocycles. The predicted octanol–water partition coefficient (Wildman–Crippen LogP) is 5.05. The predicted molar refractivity (Wildman–Crippen MR) is 112 cm³/mol. The molecule has 1 aliphatic rings. The number of hydrogen-bond acceptors (Lipinski definition) is 2. The van der Waals surface area contributed by atoms with Crippen LogP contribution in [0.1, 0.15) is 48.1 Å². The number of carbonyl (C=O) groups is 1. The molecule has 0 aromatic heterocycles. The molecule has 0 saturated carbocycles. The van der Waals surface area contributed by atoms with Gasteiger partial charge in [0.1, 0.15) is 0 Å². The Morgan fingerprint density at radius 2 is 1.81 bits per heavy atom. The molecule has 0 radical (unpaired) electrons. The maximum atomic E-state index is 12.7. The van der Waals surface area contributed by atoms with Crippen molar-refractivity contribution in [3.8, 4) is 0 Å². The minimum atomic E-state index is 0.0458. The van der Waals surface area contributed by atoms with Crippen LogP contribution in [-0.4, -0.2) is 23.9 Å². The number of hydrogen-bond donors (Lipinski definition) is 1. The zero-order chi connectivity index (χ0) is 19.4. The molecular weight excluding hydrogens is 356 g/mol. The Hall–Kier alpha value is -1.84. The van der Waals surface area contributed by atoms with E-state index in [2.05, 4.69) is 61.3 Å². The number of amides is 1. The van der Waals surface area contributed by atoms with Crippen molar-refractivity contribution in [1.29, 1.82) is 0 Å². The highest BCUT2D eigenvalue weighted by atomic mass is 35.5. The van der Waals surface area contributed by atoms with Gasteiger partial charge in [-0.3, -0.25) is 9.69 Å². The summed E-state index contributed by atoms with van der Waals surface area (Å²) in [5, 5.41) is 4.00. The van der Waals surface area contributed by atoms with E-state index >= 15 is 0 Å². The molecule has 144 valence electrons. The number of nitrogens with zero attached hydrogens (tertiary/aromatic N) is 1. The van der Waals surface area contributed by atoms with Crippen LogP contribution in [0.15, 0.2) is 42.5 Å². The summed E-state index contributed by atoms with van der Waals surface area (Å²) in [6.07, 6.45) is 1.83. The van der Waals surface area contributed by atoms with Crippen molar-refractivity contribution in [2.75, 3.05) is 13.1 Å². The van der Waals surface area contributed by atoms with Crippen molar-refractivity contribution in [3.05, 3.63) is 69.7 Å². The van der Waals surface area contributed by atoms with Crippen LogP contribution >= 0.6 is 11.6 Å². The molecule has 0 unspecified atom stereocenters. The highest BCUT2D eigenvalue weighted by molar-refractivity contribution is 6.30. The summed E-state index contributed by atoms with van der Waals surface area (Å²) in [7, 11) is 0. The second kappa shape index (κ2) is 8.90. The van der Waals surface area contributed by atoms with E-state index in [-0.39, 0.29) is 17.9 Å². The smallest absolute Gasteiger partial charge is 0.223 e. The number of rotatable bonds is 5. The Balaban J connectivity index is 1.50. The number of aryl methyl sites for hydroxylation is 2. The third-order valence-electron chi connectivity index (χ3n) is 5.54. The third kappa shape index (κ3) is 5.33. The topological polar surface area (TPSA) is 32.3 Å². The van der Waals surface area contributed by atoms with Gasteiger partial charge in [-0.15, -0.1) is 0 Å². The van der Waals surface area contributed by atoms with Crippen LogP contribution in [0.3, 0.4) is 0 Å². The molecule has 2 aromatic rings. The van der Waals surface area contributed by atoms with Gasteiger partial charge in [-0.1, -0.05) is 47.5 Å². The maximum Gasteiger partial charge on any atom is 0.223 e. The highest BCUT2D eigenvalue weighted by Gasteiger charge is 2.26. The molecule has 0 aliphatic carbocycles. The summed E-state index contributed by atoms with van der Waals surface area (Å²) in [6.45, 7) is 9.11. The quantitative estimate of drug-likeness (QED) is 0.782. The third-order valence-corrected chi connectivity index (χ3v) is 5.79. The normalized spacial score (nSPS) is 16.9. The Bertz CT molecular complexity index is 779. The Kier molecular flexibility index (Phi) is 6.56. The molecule has 1 amide bonds. The Morgan fingerprint density at radius 3 is 2.48 bits per heavy atom. The second-order valence-corrected chi connectivity index (χ2v) is 8.20. The van der Waals surface area contributed by atoms with Gasteiger partial charge in [-0.05, 0) is 75.5 Å². The molecule has 27 heavy (non-hydrogen) atoms. The van der Waals surface area contributed by atoms with E-state index in [1.54, 1.807) is 0 Å². The molecule has 3 nitrogen and oxygen atoms in total. The fourth-order valence-corrected chi connectivity index (χ4v) is 3.96. The average Bonchev–Trinajstić information content (AvgIpc) is 2.66. The van der Waals surface area contributed by atoms with Crippen LogP contribution < -0.4 is 5.32 Å². The van der Waals surface area contributed by atoms with Gasteiger partial charge in [0.25, 0.3) is 0 Å². The van der Waals surface area contributed by atoms with Gasteiger partial charge in [0.2, 0.25) is 5.91 Å². The first-order chi connectivity index (χ1) is 12.9. The maximum absolute atomic E-state index is 12.7. The van der Waals surface area contributed by atoms with E-state index < -0.39 is 0 Å². The van der Waals surface area contributed by atoms with Gasteiger partial charge >= 0.3 is 0 Å². The molecule has 3 rings (SSSR count). The molecule has 1 atom stereocenters. The van der Waals surface area contributed by atoms with Crippen molar-refractivity contribution in [2.45, 2.75) is 46.2 Å². The van der Waals surface area contributed by atoms with E-state index in [4.69, 9.17) is 11.6 Å². The molecule has 0 bridgehead atoms. The zero-order valence-electron chi connectivity index (χ0n) is 16.5. The monoisotopic (exact) mass is 384 g/mol. The number of carbonyl (C=O) groups excluding carboxylic acids is 1. The SMILES string of the molecule is Cc1ccc(C)c([C@@H](C)NC(=O)C2CCN(Cc3ccc(Cl)cc3)CC2)c1. The molecule has 1 fully saturated rings. The standard InChI is InChI=1S/C23H29ClN2O/c1-16-4-5-17(2)22(14-16)18(3)25-23(27)20-10-12-26(13-11-20)15-19-6-8-21(24)9-7-19/h4-9,14,18,20H,10-13,15H2,1-3H3,(H,25,27)/t18-/m1/s1. The highest BCUT2D eigenvalue weighted by Crippen LogP contribution is 2.23. The van der Waals surface area contributed by atoms with E-state index in [1.807, 2.05) is 12.1 Å². The Morgan fingerprint density at radius 1 is 1.15 bits per heavy atom. The number of nitrogens with one attached hydrogen (secondary N) is 1. The van der Waals surface area contributed by atoms with Crippen LogP contribution in [0.25, 0.3) is 0 Å². The molecule has 0 spiro atoms. The molecular formula is C23H29ClN2O. The van der Waals surface area contributed by atoms with Crippen molar-refractivity contribution in [3.63, 3.8) is 0 Å². The lowest BCUT2D eigenvalue weighted by Gasteiger charge is -2.32. The van der Waals surface area contributed by atoms with Crippen LogP contribution in [-0.2, 0) is 11.3 Å². The van der Waals surface area contributed by atoms with E-state index in [9.17, 15) is 4.79 Å². The second-order valence-electron chi connectivity index (χ2n) is 7.77.